The van der Waals surface area contributed by atoms with E-state index in [-0.39, 0.29) is 21.5 Å². The summed E-state index contributed by atoms with van der Waals surface area (Å²) in [5, 5.41) is 18.7. The number of hydrogen-bond donors (Lipinski definition) is 1. The van der Waals surface area contributed by atoms with Gasteiger partial charge in [0.05, 0.1) is 28.4 Å². The topological polar surface area (TPSA) is 61.3 Å². The first kappa shape index (κ1) is 15.3. The molecule has 0 aliphatic heterocycles. The molecule has 0 aliphatic carbocycles. The van der Waals surface area contributed by atoms with Gasteiger partial charge in [0.15, 0.2) is 5.75 Å². The Morgan fingerprint density at radius 1 is 1.48 bits per heavy atom. The minimum absolute atomic E-state index is 0.0375. The molecule has 1 aromatic carbocycles. The molecule has 0 bridgehead atoms. The van der Waals surface area contributed by atoms with E-state index < -0.39 is 0 Å². The largest absolute Gasteiger partial charge is 0.505 e. The first-order valence-corrected chi connectivity index (χ1v) is 7.18. The number of phenolic OH excluding ortho intramolecular Hbond substituents is 1. The van der Waals surface area contributed by atoms with Crippen molar-refractivity contribution in [2.45, 2.75) is 6.92 Å². The van der Waals surface area contributed by atoms with Gasteiger partial charge in [-0.2, -0.15) is 0 Å². The lowest BCUT2D eigenvalue weighted by Gasteiger charge is -2.01. The molecule has 0 radical (unpaired) electrons. The number of nitriles is 1. The zero-order valence-corrected chi connectivity index (χ0v) is 13.0. The van der Waals surface area contributed by atoms with Crippen LogP contribution in [0.15, 0.2) is 12.1 Å². The standard InChI is InChI=1S/C14H7Cl2N3OS/c1-7-12(21-14(19-7)11(6-17)18-2)5-8-3-9(15)13(20)10(16)4-8/h3-5,20H,1H3. The first-order chi connectivity index (χ1) is 9.96. The van der Waals surface area contributed by atoms with Crippen molar-refractivity contribution in [2.75, 3.05) is 0 Å². The summed E-state index contributed by atoms with van der Waals surface area (Å²) in [6.07, 6.45) is 1.78. The lowest BCUT2D eigenvalue weighted by molar-refractivity contribution is 0.476. The van der Waals surface area contributed by atoms with Crippen LogP contribution < -0.4 is 9.20 Å². The van der Waals surface area contributed by atoms with Crippen LogP contribution in [-0.2, 0) is 0 Å². The third-order valence-corrected chi connectivity index (χ3v) is 4.28. The maximum atomic E-state index is 9.53. The number of rotatable bonds is 1. The van der Waals surface area contributed by atoms with Crippen LogP contribution in [0.5, 0.6) is 5.75 Å². The highest BCUT2D eigenvalue weighted by Gasteiger charge is 2.06. The summed E-state index contributed by atoms with van der Waals surface area (Å²) < 4.78 is 1.17. The van der Waals surface area contributed by atoms with Gasteiger partial charge in [-0.3, -0.25) is 4.98 Å². The van der Waals surface area contributed by atoms with Crippen molar-refractivity contribution in [3.63, 3.8) is 0 Å². The van der Waals surface area contributed by atoms with Gasteiger partial charge >= 0.3 is 0 Å². The third-order valence-electron chi connectivity index (χ3n) is 2.59. The smallest absolute Gasteiger partial charge is 0.296 e. The summed E-state index contributed by atoms with van der Waals surface area (Å²) in [6.45, 7) is 8.72. The molecular weight excluding hydrogens is 329 g/mol. The second kappa shape index (κ2) is 6.15. The second-order valence-corrected chi connectivity index (χ2v) is 5.86. The fourth-order valence-electron chi connectivity index (χ4n) is 1.58. The number of aromatic nitrogens is 1. The molecule has 0 spiro atoms. The molecule has 0 atom stereocenters. The van der Waals surface area contributed by atoms with Crippen LogP contribution in [0.25, 0.3) is 16.6 Å². The lowest BCUT2D eigenvalue weighted by Crippen LogP contribution is -2.00. The van der Waals surface area contributed by atoms with Crippen LogP contribution in [0.1, 0.15) is 11.3 Å². The predicted molar refractivity (Wildman–Crippen MR) is 83.4 cm³/mol. The van der Waals surface area contributed by atoms with Gasteiger partial charge in [0.1, 0.15) is 4.66 Å². The highest BCUT2D eigenvalue weighted by Crippen LogP contribution is 2.32. The minimum atomic E-state index is -0.162. The van der Waals surface area contributed by atoms with E-state index in [1.807, 2.05) is 6.07 Å². The highest BCUT2D eigenvalue weighted by molar-refractivity contribution is 7.07. The molecule has 0 amide bonds. The molecule has 1 aromatic heterocycles. The SMILES string of the molecule is [C-]#[N+]C(C#N)=c1nc(C)c(=Cc2cc(Cl)c(O)c(Cl)c2)s1. The van der Waals surface area contributed by atoms with Crippen LogP contribution in [0, 0.1) is 24.8 Å². The number of thiazole rings is 1. The molecule has 21 heavy (non-hydrogen) atoms. The summed E-state index contributed by atoms with van der Waals surface area (Å²) in [7, 11) is 0. The number of aryl methyl sites for hydroxylation is 1. The summed E-state index contributed by atoms with van der Waals surface area (Å²) in [5.74, 6) is -0.162. The van der Waals surface area contributed by atoms with E-state index >= 15 is 0 Å². The Hall–Kier alpha value is -2.05. The molecule has 4 nitrogen and oxygen atoms in total. The Bertz CT molecular complexity index is 880. The van der Waals surface area contributed by atoms with E-state index in [0.29, 0.717) is 15.9 Å². The van der Waals surface area contributed by atoms with E-state index in [4.69, 9.17) is 35.0 Å². The van der Waals surface area contributed by atoms with Crippen molar-refractivity contribution in [3.05, 3.63) is 54.0 Å². The normalized spacial score (nSPS) is 12.7. The van der Waals surface area contributed by atoms with Crippen LogP contribution >= 0.6 is 34.5 Å². The molecule has 0 unspecified atom stereocenters. The quantitative estimate of drug-likeness (QED) is 0.815. The van der Waals surface area contributed by atoms with Crippen LogP contribution in [0.2, 0.25) is 10.0 Å². The maximum Gasteiger partial charge on any atom is 0.296 e. The number of hydrogen-bond acceptors (Lipinski definition) is 4. The fraction of sp³-hybridized carbons (Fsp3) is 0.0714. The summed E-state index contributed by atoms with van der Waals surface area (Å²) >= 11 is 13.0. The fourth-order valence-corrected chi connectivity index (χ4v) is 3.06. The van der Waals surface area contributed by atoms with Gasteiger partial charge in [-0.25, -0.2) is 10.1 Å². The van der Waals surface area contributed by atoms with E-state index in [0.717, 1.165) is 4.53 Å². The van der Waals surface area contributed by atoms with Gasteiger partial charge in [0.25, 0.3) is 5.70 Å². The summed E-state index contributed by atoms with van der Waals surface area (Å²) in [4.78, 5) is 7.35. The number of benzene rings is 1. The monoisotopic (exact) mass is 335 g/mol. The van der Waals surface area contributed by atoms with Gasteiger partial charge < -0.3 is 5.11 Å². The molecular formula is C14H7Cl2N3OS. The molecule has 104 valence electrons. The zero-order valence-electron chi connectivity index (χ0n) is 10.7. The molecule has 2 rings (SSSR count). The number of aromatic hydroxyl groups is 1. The average Bonchev–Trinajstić information content (AvgIpc) is 2.78. The Morgan fingerprint density at radius 2 is 2.10 bits per heavy atom. The van der Waals surface area contributed by atoms with Gasteiger partial charge in [0.2, 0.25) is 0 Å². The Labute approximate surface area is 134 Å². The van der Waals surface area contributed by atoms with E-state index in [1.54, 1.807) is 25.1 Å². The van der Waals surface area contributed by atoms with Gasteiger partial charge in [-0.05, 0) is 30.7 Å². The average molecular weight is 336 g/mol. The molecule has 0 saturated heterocycles. The van der Waals surface area contributed by atoms with E-state index in [2.05, 4.69) is 9.83 Å². The number of nitrogens with zero attached hydrogens (tertiary/aromatic N) is 3. The van der Waals surface area contributed by atoms with Crippen molar-refractivity contribution in [1.82, 2.24) is 4.98 Å². The van der Waals surface area contributed by atoms with Crippen molar-refractivity contribution < 1.29 is 5.11 Å². The molecule has 0 aliphatic rings. The van der Waals surface area contributed by atoms with E-state index in [9.17, 15) is 5.11 Å². The van der Waals surface area contributed by atoms with Gasteiger partial charge in [-0.15, -0.1) is 11.3 Å². The molecule has 0 fully saturated rings. The Kier molecular flexibility index (Phi) is 4.50. The van der Waals surface area contributed by atoms with Crippen molar-refractivity contribution in [3.8, 4) is 11.8 Å². The van der Waals surface area contributed by atoms with E-state index in [1.165, 1.54) is 11.3 Å². The molecule has 0 saturated carbocycles. The number of halogens is 2. The molecule has 7 heteroatoms. The molecule has 2 aromatic rings. The van der Waals surface area contributed by atoms with Gasteiger partial charge in [-0.1, -0.05) is 23.2 Å². The third kappa shape index (κ3) is 3.17. The van der Waals surface area contributed by atoms with Crippen molar-refractivity contribution >= 4 is 46.3 Å². The minimum Gasteiger partial charge on any atom is -0.505 e. The van der Waals surface area contributed by atoms with Crippen molar-refractivity contribution in [2.24, 2.45) is 0 Å². The summed E-state index contributed by atoms with van der Waals surface area (Å²) in [6, 6.07) is 4.97. The second-order valence-electron chi connectivity index (χ2n) is 4.02. The number of phenols is 1. The van der Waals surface area contributed by atoms with Crippen LogP contribution in [0.4, 0.5) is 0 Å². The maximum absolute atomic E-state index is 9.53. The highest BCUT2D eigenvalue weighted by atomic mass is 35.5. The van der Waals surface area contributed by atoms with Crippen LogP contribution in [-0.4, -0.2) is 10.1 Å². The predicted octanol–water partition coefficient (Wildman–Crippen LogP) is 2.84. The molecule has 1 N–H and O–H groups in total. The Balaban J connectivity index is 2.67. The zero-order chi connectivity index (χ0) is 15.6. The molecule has 1 heterocycles. The van der Waals surface area contributed by atoms with Crippen molar-refractivity contribution in [1.29, 1.82) is 5.26 Å². The van der Waals surface area contributed by atoms with Gasteiger partial charge in [0, 0.05) is 4.53 Å². The Morgan fingerprint density at radius 3 is 2.62 bits per heavy atom. The lowest BCUT2D eigenvalue weighted by atomic mass is 10.2. The summed E-state index contributed by atoms with van der Waals surface area (Å²) in [5.41, 5.74) is 1.36. The van der Waals surface area contributed by atoms with Crippen LogP contribution in [0.3, 0.4) is 0 Å². The first-order valence-electron chi connectivity index (χ1n) is 5.61.